The van der Waals surface area contributed by atoms with Gasteiger partial charge >= 0.3 is 5.97 Å². The molecular formula is C26H28FN3O5. The average molecular weight is 482 g/mol. The number of rotatable bonds is 5. The van der Waals surface area contributed by atoms with Crippen molar-refractivity contribution in [1.82, 2.24) is 9.78 Å². The van der Waals surface area contributed by atoms with E-state index in [0.717, 1.165) is 11.6 Å². The number of carbonyl (C=O) groups excluding carboxylic acids is 2. The van der Waals surface area contributed by atoms with E-state index in [1.165, 1.54) is 12.1 Å². The maximum absolute atomic E-state index is 14.7. The Morgan fingerprint density at radius 1 is 1.17 bits per heavy atom. The summed E-state index contributed by atoms with van der Waals surface area (Å²) >= 11 is 0. The number of halogens is 1. The molecule has 0 bridgehead atoms. The third-order valence-corrected chi connectivity index (χ3v) is 5.16. The Hall–Kier alpha value is -3.88. The van der Waals surface area contributed by atoms with E-state index in [1.54, 1.807) is 56.9 Å². The molecule has 1 N–H and O–H groups in total. The lowest BCUT2D eigenvalue weighted by Gasteiger charge is -2.19. The molecule has 0 radical (unpaired) electrons. The zero-order chi connectivity index (χ0) is 25.5. The van der Waals surface area contributed by atoms with Gasteiger partial charge in [-0.15, -0.1) is 0 Å². The number of amides is 1. The lowest BCUT2D eigenvalue weighted by Crippen LogP contribution is -2.24. The average Bonchev–Trinajstić information content (AvgIpc) is 3.27. The van der Waals surface area contributed by atoms with Crippen molar-refractivity contribution in [3.63, 3.8) is 0 Å². The van der Waals surface area contributed by atoms with Gasteiger partial charge in [0.15, 0.2) is 5.82 Å². The monoisotopic (exact) mass is 481 g/mol. The van der Waals surface area contributed by atoms with Gasteiger partial charge in [0.1, 0.15) is 34.3 Å². The Kier molecular flexibility index (Phi) is 6.04. The predicted molar refractivity (Wildman–Crippen MR) is 128 cm³/mol. The summed E-state index contributed by atoms with van der Waals surface area (Å²) in [4.78, 5) is 25.2. The molecule has 1 aliphatic heterocycles. The van der Waals surface area contributed by atoms with Gasteiger partial charge in [0.05, 0.1) is 5.56 Å². The van der Waals surface area contributed by atoms with Crippen LogP contribution < -0.4 is 14.8 Å². The maximum Gasteiger partial charge on any atom is 0.341 e. The number of benzene rings is 2. The van der Waals surface area contributed by atoms with Crippen molar-refractivity contribution < 1.29 is 28.2 Å². The summed E-state index contributed by atoms with van der Waals surface area (Å²) in [6.07, 6.45) is 2.26. The number of esters is 1. The number of aromatic nitrogens is 2. The SMILES string of the molecule is Cn1ccc(NC(=O)c2cc(Oc3ccc(C(=O)OC(C)(C)C)c(F)c3)c3c(c2)OC(C)(C)C3)n1. The minimum Gasteiger partial charge on any atom is -0.487 e. The normalized spacial score (nSPS) is 14.1. The maximum atomic E-state index is 14.7. The number of anilines is 1. The van der Waals surface area contributed by atoms with Crippen LogP contribution in [0.1, 0.15) is 60.9 Å². The van der Waals surface area contributed by atoms with Crippen LogP contribution in [0.5, 0.6) is 17.2 Å². The largest absolute Gasteiger partial charge is 0.487 e. The number of fused-ring (bicyclic) bond motifs is 1. The molecule has 4 rings (SSSR count). The smallest absolute Gasteiger partial charge is 0.341 e. The van der Waals surface area contributed by atoms with Gasteiger partial charge < -0.3 is 19.5 Å². The van der Waals surface area contributed by atoms with E-state index >= 15 is 0 Å². The fourth-order valence-corrected chi connectivity index (χ4v) is 3.72. The first kappa shape index (κ1) is 24.3. The summed E-state index contributed by atoms with van der Waals surface area (Å²) < 4.78 is 33.6. The van der Waals surface area contributed by atoms with Gasteiger partial charge in [-0.2, -0.15) is 5.10 Å². The Morgan fingerprint density at radius 2 is 1.91 bits per heavy atom. The van der Waals surface area contributed by atoms with Gasteiger partial charge in [0, 0.05) is 42.9 Å². The Morgan fingerprint density at radius 3 is 2.54 bits per heavy atom. The quantitative estimate of drug-likeness (QED) is 0.499. The first-order valence-electron chi connectivity index (χ1n) is 11.2. The van der Waals surface area contributed by atoms with Gasteiger partial charge in [0.2, 0.25) is 0 Å². The van der Waals surface area contributed by atoms with Crippen molar-refractivity contribution >= 4 is 17.7 Å². The molecule has 184 valence electrons. The van der Waals surface area contributed by atoms with E-state index in [9.17, 15) is 14.0 Å². The molecule has 0 aliphatic carbocycles. The highest BCUT2D eigenvalue weighted by Gasteiger charge is 2.34. The van der Waals surface area contributed by atoms with Gasteiger partial charge in [-0.25, -0.2) is 9.18 Å². The molecule has 0 saturated heterocycles. The van der Waals surface area contributed by atoms with E-state index < -0.39 is 28.9 Å². The van der Waals surface area contributed by atoms with Crippen LogP contribution in [-0.4, -0.2) is 32.9 Å². The van der Waals surface area contributed by atoms with Crippen LogP contribution in [0.15, 0.2) is 42.6 Å². The van der Waals surface area contributed by atoms with Crippen LogP contribution in [0.4, 0.5) is 10.2 Å². The Bertz CT molecular complexity index is 1310. The molecule has 1 aliphatic rings. The standard InChI is InChI=1S/C26H28FN3O5/c1-25(2,3)35-24(32)17-8-7-16(13-19(17)27)33-20-11-15(12-21-18(20)14-26(4,5)34-21)23(31)28-22-9-10-30(6)29-22/h7-13H,14H2,1-6H3,(H,28,29,31). The zero-order valence-corrected chi connectivity index (χ0v) is 20.6. The van der Waals surface area contributed by atoms with Crippen LogP contribution in [0.3, 0.4) is 0 Å². The third-order valence-electron chi connectivity index (χ3n) is 5.16. The van der Waals surface area contributed by atoms with E-state index in [4.69, 9.17) is 14.2 Å². The van der Waals surface area contributed by atoms with E-state index in [1.807, 2.05) is 13.8 Å². The Labute approximate surface area is 203 Å². The van der Waals surface area contributed by atoms with Gasteiger partial charge in [0.25, 0.3) is 5.91 Å². The number of hydrogen-bond acceptors (Lipinski definition) is 6. The Balaban J connectivity index is 1.63. The lowest BCUT2D eigenvalue weighted by molar-refractivity contribution is 0.00645. The molecule has 0 spiro atoms. The molecule has 35 heavy (non-hydrogen) atoms. The number of ether oxygens (including phenoxy) is 3. The van der Waals surface area contributed by atoms with Gasteiger partial charge in [-0.3, -0.25) is 9.48 Å². The second-order valence-electron chi connectivity index (χ2n) is 10.1. The van der Waals surface area contributed by atoms with E-state index in [0.29, 0.717) is 29.3 Å². The topological polar surface area (TPSA) is 91.7 Å². The van der Waals surface area contributed by atoms with Crippen molar-refractivity contribution in [2.24, 2.45) is 7.05 Å². The van der Waals surface area contributed by atoms with Crippen molar-refractivity contribution in [2.45, 2.75) is 52.2 Å². The van der Waals surface area contributed by atoms with Gasteiger partial charge in [-0.1, -0.05) is 0 Å². The molecule has 0 saturated carbocycles. The number of hydrogen-bond donors (Lipinski definition) is 1. The second-order valence-corrected chi connectivity index (χ2v) is 10.1. The lowest BCUT2D eigenvalue weighted by atomic mass is 9.99. The van der Waals surface area contributed by atoms with E-state index in [-0.39, 0.29) is 11.3 Å². The van der Waals surface area contributed by atoms with Crippen molar-refractivity contribution in [2.75, 3.05) is 5.32 Å². The highest BCUT2D eigenvalue weighted by molar-refractivity contribution is 6.04. The summed E-state index contributed by atoms with van der Waals surface area (Å²) in [7, 11) is 1.75. The minimum atomic E-state index is -0.769. The fraction of sp³-hybridized carbons (Fsp3) is 0.346. The predicted octanol–water partition coefficient (Wildman–Crippen LogP) is 5.27. The summed E-state index contributed by atoms with van der Waals surface area (Å²) in [6, 6.07) is 8.83. The molecule has 9 heteroatoms. The van der Waals surface area contributed by atoms with Crippen LogP contribution >= 0.6 is 0 Å². The van der Waals surface area contributed by atoms with Crippen molar-refractivity contribution in [3.05, 3.63) is 65.1 Å². The van der Waals surface area contributed by atoms with E-state index in [2.05, 4.69) is 10.4 Å². The molecule has 3 aromatic rings. The molecule has 0 fully saturated rings. The molecule has 0 unspecified atom stereocenters. The number of nitrogens with zero attached hydrogens (tertiary/aromatic N) is 2. The van der Waals surface area contributed by atoms with Crippen molar-refractivity contribution in [3.8, 4) is 17.2 Å². The highest BCUT2D eigenvalue weighted by atomic mass is 19.1. The molecule has 1 amide bonds. The molecule has 2 aromatic carbocycles. The molecule has 2 heterocycles. The fourth-order valence-electron chi connectivity index (χ4n) is 3.72. The highest BCUT2D eigenvalue weighted by Crippen LogP contribution is 2.43. The first-order valence-corrected chi connectivity index (χ1v) is 11.2. The molecular weight excluding hydrogens is 453 g/mol. The zero-order valence-electron chi connectivity index (χ0n) is 20.6. The number of aryl methyl sites for hydroxylation is 1. The minimum absolute atomic E-state index is 0.170. The first-order chi connectivity index (χ1) is 16.3. The van der Waals surface area contributed by atoms with Crippen LogP contribution in [0.2, 0.25) is 0 Å². The summed E-state index contributed by atoms with van der Waals surface area (Å²) in [6.45, 7) is 8.99. The second kappa shape index (κ2) is 8.72. The molecule has 1 aromatic heterocycles. The summed E-state index contributed by atoms with van der Waals surface area (Å²) in [5.41, 5.74) is -0.371. The number of nitrogens with one attached hydrogen (secondary N) is 1. The number of carbonyl (C=O) groups is 2. The molecule has 8 nitrogen and oxygen atoms in total. The van der Waals surface area contributed by atoms with Crippen molar-refractivity contribution in [1.29, 1.82) is 0 Å². The van der Waals surface area contributed by atoms with Crippen LogP contribution in [-0.2, 0) is 18.2 Å². The molecule has 0 atom stereocenters. The third kappa shape index (κ3) is 5.62. The van der Waals surface area contributed by atoms with Crippen LogP contribution in [0.25, 0.3) is 0 Å². The van der Waals surface area contributed by atoms with Crippen LogP contribution in [0, 0.1) is 5.82 Å². The summed E-state index contributed by atoms with van der Waals surface area (Å²) in [5, 5.41) is 6.90. The summed E-state index contributed by atoms with van der Waals surface area (Å²) in [5.74, 6) is -0.463. The van der Waals surface area contributed by atoms with Gasteiger partial charge in [-0.05, 0) is 58.9 Å².